The number of nitrogen functional groups attached to an aromatic ring is 1. The van der Waals surface area contributed by atoms with Gasteiger partial charge in [-0.2, -0.15) is 0 Å². The summed E-state index contributed by atoms with van der Waals surface area (Å²) in [4.78, 5) is 11.4. The van der Waals surface area contributed by atoms with Crippen molar-refractivity contribution in [1.82, 2.24) is 9.99 Å². The van der Waals surface area contributed by atoms with Gasteiger partial charge in [-0.3, -0.25) is 10.2 Å². The molecule has 15 heavy (non-hydrogen) atoms. The van der Waals surface area contributed by atoms with Crippen molar-refractivity contribution in [3.63, 3.8) is 0 Å². The average molecular weight is 207 g/mol. The highest BCUT2D eigenvalue weighted by molar-refractivity contribution is 5.92. The Labute approximate surface area is 89.7 Å². The molecule has 3 N–H and O–H groups in total. The van der Waals surface area contributed by atoms with Crippen LogP contribution in [-0.4, -0.2) is 10.5 Å². The van der Waals surface area contributed by atoms with E-state index < -0.39 is 0 Å². The molecule has 0 saturated heterocycles. The molecule has 0 atom stereocenters. The number of aromatic nitrogens is 1. The lowest BCUT2D eigenvalue weighted by atomic mass is 10.2. The topological polar surface area (TPSA) is 60.0 Å². The molecule has 4 nitrogen and oxygen atoms in total. The van der Waals surface area contributed by atoms with Crippen molar-refractivity contribution in [2.75, 3.05) is 0 Å². The molecule has 1 amide bonds. The molecular weight excluding hydrogens is 190 g/mol. The first-order valence-electron chi connectivity index (χ1n) is 5.04. The maximum absolute atomic E-state index is 11.4. The molecule has 1 rings (SSSR count). The fraction of sp³-hybridized carbons (Fsp3) is 0.364. The summed E-state index contributed by atoms with van der Waals surface area (Å²) in [6.07, 6.45) is 3.77. The Kier molecular flexibility index (Phi) is 4.12. The maximum Gasteiger partial charge on any atom is 0.281 e. The number of hydrazine groups is 1. The number of nitrogens with one attached hydrogen (secondary N) is 1. The third-order valence-corrected chi connectivity index (χ3v) is 2.25. The van der Waals surface area contributed by atoms with Crippen molar-refractivity contribution < 1.29 is 4.79 Å². The Morgan fingerprint density at radius 3 is 2.93 bits per heavy atom. The first-order valence-corrected chi connectivity index (χ1v) is 5.04. The predicted octanol–water partition coefficient (Wildman–Crippen LogP) is 1.23. The molecule has 82 valence electrons. The molecular formula is C11H17N3O. The van der Waals surface area contributed by atoms with E-state index in [0.717, 1.165) is 18.5 Å². The van der Waals surface area contributed by atoms with Gasteiger partial charge in [0, 0.05) is 12.2 Å². The number of aryl methyl sites for hydroxylation is 1. The zero-order chi connectivity index (χ0) is 11.3. The summed E-state index contributed by atoms with van der Waals surface area (Å²) in [5, 5.41) is 0. The highest BCUT2D eigenvalue weighted by Crippen LogP contribution is 2.11. The number of hydrogen-bond acceptors (Lipinski definition) is 2. The van der Waals surface area contributed by atoms with Crippen LogP contribution in [0.1, 0.15) is 29.5 Å². The lowest BCUT2D eigenvalue weighted by Crippen LogP contribution is -2.32. The minimum atomic E-state index is -0.265. The van der Waals surface area contributed by atoms with E-state index in [0.29, 0.717) is 12.2 Å². The van der Waals surface area contributed by atoms with Crippen molar-refractivity contribution in [1.29, 1.82) is 0 Å². The molecule has 0 bridgehead atoms. The van der Waals surface area contributed by atoms with Crippen LogP contribution in [0.5, 0.6) is 0 Å². The van der Waals surface area contributed by atoms with Gasteiger partial charge in [0.15, 0.2) is 0 Å². The number of nitrogens with two attached hydrogens (primary N) is 1. The Hall–Kier alpha value is -1.55. The van der Waals surface area contributed by atoms with E-state index in [2.05, 4.69) is 18.9 Å². The van der Waals surface area contributed by atoms with Crippen LogP contribution >= 0.6 is 0 Å². The lowest BCUT2D eigenvalue weighted by Gasteiger charge is -2.09. The van der Waals surface area contributed by atoms with Crippen LogP contribution in [0.2, 0.25) is 0 Å². The van der Waals surface area contributed by atoms with Crippen LogP contribution in [0.25, 0.3) is 0 Å². The molecule has 1 aromatic rings. The summed E-state index contributed by atoms with van der Waals surface area (Å²) in [6, 6.07) is 3.74. The van der Waals surface area contributed by atoms with E-state index in [-0.39, 0.29) is 5.91 Å². The fourth-order valence-electron chi connectivity index (χ4n) is 1.60. The zero-order valence-corrected chi connectivity index (χ0v) is 8.99. The molecule has 0 aliphatic carbocycles. The molecule has 0 spiro atoms. The van der Waals surface area contributed by atoms with Gasteiger partial charge < -0.3 is 4.57 Å². The molecule has 0 radical (unpaired) electrons. The number of carbonyl (C=O) groups excluding carboxylic acids is 1. The predicted molar refractivity (Wildman–Crippen MR) is 60.3 cm³/mol. The van der Waals surface area contributed by atoms with E-state index in [4.69, 9.17) is 5.84 Å². The first kappa shape index (κ1) is 11.5. The number of amides is 1. The van der Waals surface area contributed by atoms with Gasteiger partial charge in [-0.15, -0.1) is 6.58 Å². The minimum absolute atomic E-state index is 0.265. The third-order valence-electron chi connectivity index (χ3n) is 2.25. The van der Waals surface area contributed by atoms with Gasteiger partial charge in [-0.1, -0.05) is 19.4 Å². The van der Waals surface area contributed by atoms with Crippen LogP contribution in [0.4, 0.5) is 0 Å². The summed E-state index contributed by atoms with van der Waals surface area (Å²) >= 11 is 0. The van der Waals surface area contributed by atoms with Crippen LogP contribution in [-0.2, 0) is 13.0 Å². The summed E-state index contributed by atoms with van der Waals surface area (Å²) < 4.78 is 1.93. The second-order valence-electron chi connectivity index (χ2n) is 3.33. The van der Waals surface area contributed by atoms with E-state index in [9.17, 15) is 4.79 Å². The van der Waals surface area contributed by atoms with Gasteiger partial charge in [-0.05, 0) is 18.6 Å². The quantitative estimate of drug-likeness (QED) is 0.330. The molecule has 0 saturated carbocycles. The van der Waals surface area contributed by atoms with Crippen molar-refractivity contribution in [2.45, 2.75) is 26.3 Å². The Bertz CT molecular complexity index is 355. The van der Waals surface area contributed by atoms with Gasteiger partial charge in [0.05, 0.1) is 0 Å². The number of carbonyl (C=O) groups is 1. The Morgan fingerprint density at radius 2 is 2.40 bits per heavy atom. The van der Waals surface area contributed by atoms with Crippen molar-refractivity contribution in [3.05, 3.63) is 36.2 Å². The molecule has 1 heterocycles. The van der Waals surface area contributed by atoms with Gasteiger partial charge in [0.25, 0.3) is 5.91 Å². The van der Waals surface area contributed by atoms with E-state index in [1.54, 1.807) is 12.1 Å². The standard InChI is InChI=1S/C11H17N3O/c1-3-5-9-6-7-10(11(15)13-12)14(9)8-4-2/h4,6-7H,2-3,5,8,12H2,1H3,(H,13,15). The monoisotopic (exact) mass is 207 g/mol. The third kappa shape index (κ3) is 2.47. The second-order valence-corrected chi connectivity index (χ2v) is 3.33. The van der Waals surface area contributed by atoms with Gasteiger partial charge in [0.2, 0.25) is 0 Å². The fourth-order valence-corrected chi connectivity index (χ4v) is 1.60. The smallest absolute Gasteiger partial charge is 0.281 e. The number of allylic oxidation sites excluding steroid dienone is 1. The first-order chi connectivity index (χ1) is 7.24. The van der Waals surface area contributed by atoms with Gasteiger partial charge in [-0.25, -0.2) is 5.84 Å². The Morgan fingerprint density at radius 1 is 1.67 bits per heavy atom. The normalized spacial score (nSPS) is 10.0. The molecule has 0 aliphatic heterocycles. The summed E-state index contributed by atoms with van der Waals surface area (Å²) in [7, 11) is 0. The summed E-state index contributed by atoms with van der Waals surface area (Å²) in [6.45, 7) is 6.41. The van der Waals surface area contributed by atoms with Crippen LogP contribution in [0.3, 0.4) is 0 Å². The highest BCUT2D eigenvalue weighted by Gasteiger charge is 2.12. The maximum atomic E-state index is 11.4. The largest absolute Gasteiger partial charge is 0.337 e. The SMILES string of the molecule is C=CCn1c(CCC)ccc1C(=O)NN. The van der Waals surface area contributed by atoms with Gasteiger partial charge >= 0.3 is 0 Å². The summed E-state index contributed by atoms with van der Waals surface area (Å²) in [5.74, 6) is 4.85. The van der Waals surface area contributed by atoms with E-state index in [1.807, 2.05) is 10.6 Å². The number of hydrogen-bond donors (Lipinski definition) is 2. The van der Waals surface area contributed by atoms with E-state index >= 15 is 0 Å². The molecule has 1 aromatic heterocycles. The molecule has 0 unspecified atom stereocenters. The second kappa shape index (κ2) is 5.36. The number of rotatable bonds is 5. The van der Waals surface area contributed by atoms with Gasteiger partial charge in [0.1, 0.15) is 5.69 Å². The lowest BCUT2D eigenvalue weighted by molar-refractivity contribution is 0.0944. The molecule has 0 aliphatic rings. The average Bonchev–Trinajstić information content (AvgIpc) is 2.62. The number of nitrogens with zero attached hydrogens (tertiary/aromatic N) is 1. The Balaban J connectivity index is 3.05. The van der Waals surface area contributed by atoms with Crippen molar-refractivity contribution >= 4 is 5.91 Å². The van der Waals surface area contributed by atoms with Crippen LogP contribution < -0.4 is 11.3 Å². The van der Waals surface area contributed by atoms with Crippen molar-refractivity contribution in [3.8, 4) is 0 Å². The van der Waals surface area contributed by atoms with Crippen molar-refractivity contribution in [2.24, 2.45) is 5.84 Å². The molecule has 0 aromatic carbocycles. The highest BCUT2D eigenvalue weighted by atomic mass is 16.2. The zero-order valence-electron chi connectivity index (χ0n) is 8.99. The van der Waals surface area contributed by atoms with Crippen LogP contribution in [0, 0.1) is 0 Å². The minimum Gasteiger partial charge on any atom is -0.337 e. The van der Waals surface area contributed by atoms with E-state index in [1.165, 1.54) is 0 Å². The molecule has 4 heteroatoms. The van der Waals surface area contributed by atoms with Crippen LogP contribution in [0.15, 0.2) is 24.8 Å². The molecule has 0 fully saturated rings. The summed E-state index contributed by atoms with van der Waals surface area (Å²) in [5.41, 5.74) is 3.86.